The van der Waals surface area contributed by atoms with Crippen LogP contribution in [0.15, 0.2) is 42.7 Å². The van der Waals surface area contributed by atoms with E-state index in [2.05, 4.69) is 33.0 Å². The van der Waals surface area contributed by atoms with Crippen LogP contribution in [0.5, 0.6) is 0 Å². The van der Waals surface area contributed by atoms with Gasteiger partial charge in [0.2, 0.25) is 0 Å². The van der Waals surface area contributed by atoms with Crippen LogP contribution in [0, 0.1) is 6.92 Å². The Labute approximate surface area is 115 Å². The lowest BCUT2D eigenvalue weighted by atomic mass is 10.0. The molecule has 0 aliphatic rings. The monoisotopic (exact) mass is 309 g/mol. The summed E-state index contributed by atoms with van der Waals surface area (Å²) in [6.07, 6.45) is 4.53. The standard InChI is InChI=1S/C14H13BrClN/c1-10-2-3-12(14(16)8-10)13(15)9-11-4-6-17-7-5-11/h2-8,13H,9H2,1H3. The maximum Gasteiger partial charge on any atom is 0.0452 e. The molecule has 0 aliphatic heterocycles. The molecule has 88 valence electrons. The molecule has 1 heterocycles. The molecule has 1 unspecified atom stereocenters. The SMILES string of the molecule is Cc1ccc(C(Br)Cc2ccncc2)c(Cl)c1. The first-order valence-corrected chi connectivity index (χ1v) is 6.75. The Hall–Kier alpha value is -0.860. The van der Waals surface area contributed by atoms with Crippen molar-refractivity contribution in [3.05, 3.63) is 64.4 Å². The van der Waals surface area contributed by atoms with Gasteiger partial charge < -0.3 is 0 Å². The van der Waals surface area contributed by atoms with E-state index in [9.17, 15) is 0 Å². The van der Waals surface area contributed by atoms with Crippen molar-refractivity contribution in [1.82, 2.24) is 4.98 Å². The summed E-state index contributed by atoms with van der Waals surface area (Å²) in [7, 11) is 0. The van der Waals surface area contributed by atoms with Crippen molar-refractivity contribution in [2.24, 2.45) is 0 Å². The van der Waals surface area contributed by atoms with Crippen LogP contribution >= 0.6 is 27.5 Å². The van der Waals surface area contributed by atoms with E-state index < -0.39 is 0 Å². The molecule has 2 rings (SSSR count). The molecule has 1 aromatic heterocycles. The Morgan fingerprint density at radius 2 is 1.94 bits per heavy atom. The van der Waals surface area contributed by atoms with Crippen molar-refractivity contribution in [3.63, 3.8) is 0 Å². The average molecular weight is 311 g/mol. The van der Waals surface area contributed by atoms with Crippen LogP contribution in [0.25, 0.3) is 0 Å². The first kappa shape index (κ1) is 12.6. The molecule has 0 bridgehead atoms. The number of rotatable bonds is 3. The number of pyridine rings is 1. The second kappa shape index (κ2) is 5.65. The maximum atomic E-state index is 6.25. The van der Waals surface area contributed by atoms with E-state index in [4.69, 9.17) is 11.6 Å². The number of nitrogens with zero attached hydrogens (tertiary/aromatic N) is 1. The lowest BCUT2D eigenvalue weighted by molar-refractivity contribution is 0.944. The summed E-state index contributed by atoms with van der Waals surface area (Å²) in [5.74, 6) is 0. The minimum Gasteiger partial charge on any atom is -0.265 e. The second-order valence-electron chi connectivity index (χ2n) is 4.05. The van der Waals surface area contributed by atoms with Gasteiger partial charge >= 0.3 is 0 Å². The smallest absolute Gasteiger partial charge is 0.0452 e. The first-order chi connectivity index (χ1) is 8.16. The van der Waals surface area contributed by atoms with Crippen molar-refractivity contribution < 1.29 is 0 Å². The van der Waals surface area contributed by atoms with Gasteiger partial charge in [-0.2, -0.15) is 0 Å². The molecule has 0 aliphatic carbocycles. The maximum absolute atomic E-state index is 6.25. The largest absolute Gasteiger partial charge is 0.265 e. The van der Waals surface area contributed by atoms with E-state index in [1.165, 1.54) is 11.1 Å². The molecule has 0 N–H and O–H groups in total. The summed E-state index contributed by atoms with van der Waals surface area (Å²) >= 11 is 9.94. The molecule has 0 saturated heterocycles. The molecule has 17 heavy (non-hydrogen) atoms. The van der Waals surface area contributed by atoms with Crippen molar-refractivity contribution in [3.8, 4) is 0 Å². The van der Waals surface area contributed by atoms with E-state index in [1.54, 1.807) is 0 Å². The van der Waals surface area contributed by atoms with Crippen LogP contribution in [0.4, 0.5) is 0 Å². The summed E-state index contributed by atoms with van der Waals surface area (Å²) in [5.41, 5.74) is 3.56. The predicted molar refractivity (Wildman–Crippen MR) is 75.8 cm³/mol. The molecule has 0 spiro atoms. The first-order valence-electron chi connectivity index (χ1n) is 5.46. The van der Waals surface area contributed by atoms with Crippen molar-refractivity contribution in [2.75, 3.05) is 0 Å². The molecular formula is C14H13BrClN. The minimum atomic E-state index is 0.234. The molecule has 0 fully saturated rings. The zero-order chi connectivity index (χ0) is 12.3. The number of halogens is 2. The molecule has 0 radical (unpaired) electrons. The third-order valence-electron chi connectivity index (χ3n) is 2.66. The molecule has 0 amide bonds. The van der Waals surface area contributed by atoms with Gasteiger partial charge in [-0.25, -0.2) is 0 Å². The molecule has 2 aromatic rings. The highest BCUT2D eigenvalue weighted by molar-refractivity contribution is 9.09. The highest BCUT2D eigenvalue weighted by atomic mass is 79.9. The number of alkyl halides is 1. The van der Waals surface area contributed by atoms with Gasteiger partial charge in [-0.1, -0.05) is 39.7 Å². The van der Waals surface area contributed by atoms with Gasteiger partial charge in [0.05, 0.1) is 0 Å². The van der Waals surface area contributed by atoms with Gasteiger partial charge in [-0.05, 0) is 48.2 Å². The van der Waals surface area contributed by atoms with Crippen LogP contribution in [-0.2, 0) is 6.42 Å². The van der Waals surface area contributed by atoms with E-state index >= 15 is 0 Å². The summed E-state index contributed by atoms with van der Waals surface area (Å²) in [5, 5.41) is 0.820. The molecule has 1 aromatic carbocycles. The van der Waals surface area contributed by atoms with Crippen LogP contribution in [-0.4, -0.2) is 4.98 Å². The van der Waals surface area contributed by atoms with E-state index in [-0.39, 0.29) is 4.83 Å². The molecular weight excluding hydrogens is 298 g/mol. The number of benzene rings is 1. The van der Waals surface area contributed by atoms with E-state index in [0.29, 0.717) is 0 Å². The molecule has 1 atom stereocenters. The van der Waals surface area contributed by atoms with E-state index in [0.717, 1.165) is 17.0 Å². The summed E-state index contributed by atoms with van der Waals surface area (Å²) in [4.78, 5) is 4.25. The van der Waals surface area contributed by atoms with Crippen molar-refractivity contribution in [1.29, 1.82) is 0 Å². The second-order valence-corrected chi connectivity index (χ2v) is 5.56. The summed E-state index contributed by atoms with van der Waals surface area (Å²) < 4.78 is 0. The predicted octanol–water partition coefficient (Wildman–Crippen LogP) is 4.72. The Morgan fingerprint density at radius 1 is 1.24 bits per heavy atom. The number of hydrogen-bond acceptors (Lipinski definition) is 1. The van der Waals surface area contributed by atoms with E-state index in [1.807, 2.05) is 37.5 Å². The third kappa shape index (κ3) is 3.30. The van der Waals surface area contributed by atoms with Crippen LogP contribution < -0.4 is 0 Å². The Morgan fingerprint density at radius 3 is 2.59 bits per heavy atom. The minimum absolute atomic E-state index is 0.234. The Kier molecular flexibility index (Phi) is 4.19. The van der Waals surface area contributed by atoms with Gasteiger partial charge in [-0.3, -0.25) is 4.98 Å². The lowest BCUT2D eigenvalue weighted by Crippen LogP contribution is -1.96. The lowest BCUT2D eigenvalue weighted by Gasteiger charge is -2.12. The topological polar surface area (TPSA) is 12.9 Å². The van der Waals surface area contributed by atoms with Crippen molar-refractivity contribution >= 4 is 27.5 Å². The normalized spacial score (nSPS) is 12.4. The van der Waals surface area contributed by atoms with Gasteiger partial charge in [-0.15, -0.1) is 0 Å². The fourth-order valence-corrected chi connectivity index (χ4v) is 2.99. The van der Waals surface area contributed by atoms with Crippen molar-refractivity contribution in [2.45, 2.75) is 18.2 Å². The molecule has 1 nitrogen and oxygen atoms in total. The van der Waals surface area contributed by atoms with Crippen LogP contribution in [0.1, 0.15) is 21.5 Å². The fourth-order valence-electron chi connectivity index (χ4n) is 1.72. The average Bonchev–Trinajstić information content (AvgIpc) is 2.30. The van der Waals surface area contributed by atoms with Gasteiger partial charge in [0.1, 0.15) is 0 Å². The van der Waals surface area contributed by atoms with Crippen LogP contribution in [0.2, 0.25) is 5.02 Å². The highest BCUT2D eigenvalue weighted by Gasteiger charge is 2.12. The highest BCUT2D eigenvalue weighted by Crippen LogP contribution is 2.32. The number of aromatic nitrogens is 1. The van der Waals surface area contributed by atoms with Gasteiger partial charge in [0, 0.05) is 22.2 Å². The third-order valence-corrected chi connectivity index (χ3v) is 3.80. The number of aryl methyl sites for hydroxylation is 1. The van der Waals surface area contributed by atoms with Crippen LogP contribution in [0.3, 0.4) is 0 Å². The zero-order valence-corrected chi connectivity index (χ0v) is 11.9. The van der Waals surface area contributed by atoms with Gasteiger partial charge in [0.25, 0.3) is 0 Å². The summed E-state index contributed by atoms with van der Waals surface area (Å²) in [6.45, 7) is 2.04. The Balaban J connectivity index is 2.17. The zero-order valence-electron chi connectivity index (χ0n) is 9.53. The van der Waals surface area contributed by atoms with Gasteiger partial charge in [0.15, 0.2) is 0 Å². The molecule has 3 heteroatoms. The molecule has 0 saturated carbocycles. The Bertz CT molecular complexity index is 499. The number of hydrogen-bond donors (Lipinski definition) is 0. The quantitative estimate of drug-likeness (QED) is 0.747. The fraction of sp³-hybridized carbons (Fsp3) is 0.214. The summed E-state index contributed by atoms with van der Waals surface area (Å²) in [6, 6.07) is 10.2.